The number of hydrogen-bond acceptors (Lipinski definition) is 7. The number of hydrogen-bond donors (Lipinski definition) is 3. The van der Waals surface area contributed by atoms with Crippen molar-refractivity contribution in [3.63, 3.8) is 0 Å². The first-order chi connectivity index (χ1) is 17.8. The molecule has 1 heterocycles. The van der Waals surface area contributed by atoms with Crippen LogP contribution < -0.4 is 15.4 Å². The number of methoxy groups -OCH3 is 1. The standard InChI is InChI=1S/C26H34N4O6S/c1-36-16-15-28-26(33)23-12-9-21(18-29-23)25(32)30-37(34,35)22-10-7-19(8-11-22)13-14-27-24(31)17-20-5-3-2-4-6-20/h7-12,18,20H,2-6,13-17H2,1H3,(H,27,31)(H,28,33)(H,30,32). The van der Waals surface area contributed by atoms with Crippen LogP contribution in [0.1, 0.15) is 64.9 Å². The first-order valence-corrected chi connectivity index (χ1v) is 13.9. The Bertz CT molecular complexity index is 1160. The zero-order chi connectivity index (χ0) is 26.7. The summed E-state index contributed by atoms with van der Waals surface area (Å²) in [5, 5.41) is 5.54. The van der Waals surface area contributed by atoms with Gasteiger partial charge in [-0.3, -0.25) is 19.4 Å². The molecule has 1 aliphatic rings. The van der Waals surface area contributed by atoms with Gasteiger partial charge in [0.25, 0.3) is 21.8 Å². The molecule has 1 aromatic carbocycles. The van der Waals surface area contributed by atoms with Crippen LogP contribution in [-0.2, 0) is 26.0 Å². The maximum Gasteiger partial charge on any atom is 0.269 e. The Hall–Kier alpha value is -3.31. The van der Waals surface area contributed by atoms with E-state index in [-0.39, 0.29) is 22.1 Å². The minimum Gasteiger partial charge on any atom is -0.383 e. The smallest absolute Gasteiger partial charge is 0.269 e. The molecule has 37 heavy (non-hydrogen) atoms. The molecular weight excluding hydrogens is 496 g/mol. The van der Waals surface area contributed by atoms with E-state index in [0.29, 0.717) is 38.5 Å². The number of ether oxygens (including phenoxy) is 1. The van der Waals surface area contributed by atoms with Crippen LogP contribution in [0.25, 0.3) is 0 Å². The van der Waals surface area contributed by atoms with Crippen LogP contribution in [0.4, 0.5) is 0 Å². The third-order valence-corrected chi connectivity index (χ3v) is 7.59. The summed E-state index contributed by atoms with van der Waals surface area (Å²) in [7, 11) is -2.59. The third kappa shape index (κ3) is 8.94. The summed E-state index contributed by atoms with van der Waals surface area (Å²) in [4.78, 5) is 40.4. The predicted molar refractivity (Wildman–Crippen MR) is 137 cm³/mol. The maximum atomic E-state index is 12.7. The summed E-state index contributed by atoms with van der Waals surface area (Å²) in [6.07, 6.45) is 8.17. The molecule has 1 fully saturated rings. The van der Waals surface area contributed by atoms with Gasteiger partial charge in [0.2, 0.25) is 5.91 Å². The van der Waals surface area contributed by atoms with Crippen molar-refractivity contribution in [2.75, 3.05) is 26.8 Å². The first kappa shape index (κ1) is 28.3. The van der Waals surface area contributed by atoms with Crippen molar-refractivity contribution in [3.8, 4) is 0 Å². The van der Waals surface area contributed by atoms with Crippen LogP contribution in [0.3, 0.4) is 0 Å². The van der Waals surface area contributed by atoms with Gasteiger partial charge < -0.3 is 15.4 Å². The molecule has 3 N–H and O–H groups in total. The van der Waals surface area contributed by atoms with Gasteiger partial charge in [-0.25, -0.2) is 13.1 Å². The van der Waals surface area contributed by atoms with E-state index in [2.05, 4.69) is 15.6 Å². The topological polar surface area (TPSA) is 144 Å². The highest BCUT2D eigenvalue weighted by molar-refractivity contribution is 7.90. The van der Waals surface area contributed by atoms with E-state index in [4.69, 9.17) is 4.74 Å². The summed E-state index contributed by atoms with van der Waals surface area (Å²) in [5.74, 6) is -0.750. The monoisotopic (exact) mass is 530 g/mol. The Balaban J connectivity index is 1.48. The van der Waals surface area contributed by atoms with Gasteiger partial charge in [0.1, 0.15) is 5.69 Å². The van der Waals surface area contributed by atoms with Crippen molar-refractivity contribution in [2.45, 2.75) is 49.8 Å². The molecule has 0 bridgehead atoms. The first-order valence-electron chi connectivity index (χ1n) is 12.4. The number of sulfonamides is 1. The van der Waals surface area contributed by atoms with Gasteiger partial charge in [-0.2, -0.15) is 0 Å². The zero-order valence-electron chi connectivity index (χ0n) is 21.0. The number of rotatable bonds is 12. The highest BCUT2D eigenvalue weighted by Gasteiger charge is 2.20. The van der Waals surface area contributed by atoms with Gasteiger partial charge >= 0.3 is 0 Å². The summed E-state index contributed by atoms with van der Waals surface area (Å²) in [6.45, 7) is 1.13. The lowest BCUT2D eigenvalue weighted by Crippen LogP contribution is -2.31. The molecule has 0 aliphatic heterocycles. The molecule has 3 amide bonds. The highest BCUT2D eigenvalue weighted by Crippen LogP contribution is 2.26. The molecule has 1 aliphatic carbocycles. The molecular formula is C26H34N4O6S. The van der Waals surface area contributed by atoms with Crippen molar-refractivity contribution in [3.05, 3.63) is 59.4 Å². The van der Waals surface area contributed by atoms with Crippen LogP contribution in [0.2, 0.25) is 0 Å². The van der Waals surface area contributed by atoms with Crippen molar-refractivity contribution >= 4 is 27.7 Å². The number of amides is 3. The van der Waals surface area contributed by atoms with Crippen molar-refractivity contribution in [1.29, 1.82) is 0 Å². The van der Waals surface area contributed by atoms with Gasteiger partial charge in [-0.15, -0.1) is 0 Å². The van der Waals surface area contributed by atoms with Crippen molar-refractivity contribution in [2.24, 2.45) is 5.92 Å². The minimum atomic E-state index is -4.11. The molecule has 3 rings (SSSR count). The molecule has 0 radical (unpaired) electrons. The van der Waals surface area contributed by atoms with E-state index in [1.807, 2.05) is 4.72 Å². The summed E-state index contributed by atoms with van der Waals surface area (Å²) < 4.78 is 32.2. The van der Waals surface area contributed by atoms with Crippen molar-refractivity contribution in [1.82, 2.24) is 20.3 Å². The molecule has 2 aromatic rings. The Morgan fingerprint density at radius 2 is 1.68 bits per heavy atom. The molecule has 1 aromatic heterocycles. The van der Waals surface area contributed by atoms with Crippen LogP contribution in [0, 0.1) is 5.92 Å². The maximum absolute atomic E-state index is 12.7. The fourth-order valence-electron chi connectivity index (χ4n) is 4.17. The van der Waals surface area contributed by atoms with E-state index in [0.717, 1.165) is 24.6 Å². The summed E-state index contributed by atoms with van der Waals surface area (Å²) in [6, 6.07) is 8.82. The second-order valence-electron chi connectivity index (χ2n) is 9.07. The van der Waals surface area contributed by atoms with Crippen LogP contribution in [-0.4, -0.2) is 57.9 Å². The Morgan fingerprint density at radius 3 is 2.32 bits per heavy atom. The predicted octanol–water partition coefficient (Wildman–Crippen LogP) is 2.21. The van der Waals surface area contributed by atoms with E-state index < -0.39 is 21.8 Å². The normalized spacial score (nSPS) is 14.1. The Kier molecular flexibility index (Phi) is 10.6. The fourth-order valence-corrected chi connectivity index (χ4v) is 5.14. The minimum absolute atomic E-state index is 0.00222. The van der Waals surface area contributed by atoms with Crippen molar-refractivity contribution < 1.29 is 27.5 Å². The molecule has 10 nitrogen and oxygen atoms in total. The average Bonchev–Trinajstić information content (AvgIpc) is 2.89. The highest BCUT2D eigenvalue weighted by atomic mass is 32.2. The van der Waals surface area contributed by atoms with Gasteiger partial charge in [-0.05, 0) is 55.0 Å². The SMILES string of the molecule is COCCNC(=O)c1ccc(C(=O)NS(=O)(=O)c2ccc(CCNC(=O)CC3CCCCC3)cc2)cn1. The Labute approximate surface area is 217 Å². The van der Waals surface area contributed by atoms with Gasteiger partial charge in [0.05, 0.1) is 17.1 Å². The zero-order valence-corrected chi connectivity index (χ0v) is 21.8. The molecule has 0 atom stereocenters. The van der Waals surface area contributed by atoms with Gasteiger partial charge in [-0.1, -0.05) is 31.4 Å². The van der Waals surface area contributed by atoms with E-state index >= 15 is 0 Å². The molecule has 0 spiro atoms. The lowest BCUT2D eigenvalue weighted by Gasteiger charge is -2.20. The van der Waals surface area contributed by atoms with Crippen LogP contribution in [0.15, 0.2) is 47.5 Å². The number of aromatic nitrogens is 1. The van der Waals surface area contributed by atoms with E-state index in [9.17, 15) is 22.8 Å². The van der Waals surface area contributed by atoms with Crippen LogP contribution in [0.5, 0.6) is 0 Å². The van der Waals surface area contributed by atoms with E-state index in [1.54, 1.807) is 12.1 Å². The lowest BCUT2D eigenvalue weighted by atomic mass is 9.87. The number of pyridine rings is 1. The number of carbonyl (C=O) groups excluding carboxylic acids is 3. The molecule has 0 saturated heterocycles. The summed E-state index contributed by atoms with van der Waals surface area (Å²) >= 11 is 0. The second-order valence-corrected chi connectivity index (χ2v) is 10.7. The largest absolute Gasteiger partial charge is 0.383 e. The number of benzene rings is 1. The molecule has 200 valence electrons. The number of nitrogens with one attached hydrogen (secondary N) is 3. The second kappa shape index (κ2) is 13.8. The van der Waals surface area contributed by atoms with Gasteiger partial charge in [0, 0.05) is 32.8 Å². The lowest BCUT2D eigenvalue weighted by molar-refractivity contribution is -0.122. The van der Waals surface area contributed by atoms with Crippen LogP contribution >= 0.6 is 0 Å². The van der Waals surface area contributed by atoms with Gasteiger partial charge in [0.15, 0.2) is 0 Å². The average molecular weight is 531 g/mol. The summed E-state index contributed by atoms with van der Waals surface area (Å²) in [5.41, 5.74) is 0.959. The molecule has 11 heteroatoms. The fraction of sp³-hybridized carbons (Fsp3) is 0.462. The van der Waals surface area contributed by atoms with E-state index in [1.165, 1.54) is 50.6 Å². The quantitative estimate of drug-likeness (QED) is 0.357. The Morgan fingerprint density at radius 1 is 0.946 bits per heavy atom. The number of nitrogens with zero attached hydrogens (tertiary/aromatic N) is 1. The number of carbonyl (C=O) groups is 3. The molecule has 1 saturated carbocycles. The molecule has 0 unspecified atom stereocenters. The third-order valence-electron chi connectivity index (χ3n) is 6.25.